The maximum Gasteiger partial charge on any atom is 0.337 e. The number of carbonyl (C=O) groups is 2. The van der Waals surface area contributed by atoms with Crippen LogP contribution in [-0.2, 0) is 14.3 Å². The molecule has 1 heterocycles. The number of esters is 1. The third kappa shape index (κ3) is 3.55. The highest BCUT2D eigenvalue weighted by Crippen LogP contribution is 2.74. The lowest BCUT2D eigenvalue weighted by molar-refractivity contribution is -0.196. The Morgan fingerprint density at radius 3 is 2.43 bits per heavy atom. The molecule has 0 aromatic carbocycles. The van der Waals surface area contributed by atoms with Gasteiger partial charge in [0.25, 0.3) is 0 Å². The predicted molar refractivity (Wildman–Crippen MR) is 143 cm³/mol. The van der Waals surface area contributed by atoms with Crippen molar-refractivity contribution in [3.63, 3.8) is 0 Å². The molecule has 3 fully saturated rings. The van der Waals surface area contributed by atoms with Gasteiger partial charge in [0.1, 0.15) is 5.78 Å². The number of Topliss-reactive ketones (excluding diaryl/α,β-unsaturated/α-hetero) is 1. The zero-order valence-corrected chi connectivity index (χ0v) is 24.0. The number of aliphatic hydroxyl groups excluding tert-OH is 1. The lowest BCUT2D eigenvalue weighted by Crippen LogP contribution is -2.64. The van der Waals surface area contributed by atoms with Crippen LogP contribution < -0.4 is 0 Å². The summed E-state index contributed by atoms with van der Waals surface area (Å²) in [4.78, 5) is 27.5. The standard InChI is InChI=1S/C32H48O5/c1-8-19(33)17-22(34)21-18-25-29(4)15-10-14-28(3,9-2)23(29)13-16-30(25,5)24-12-11-20-26(31(21,24)6)27(35)37-32(20,7)36/h11-12,19,21,23-25,33,36H,8-10,13-18H2,1-7H3/t19?,21-,23+,24+,25-,28+,29+,30+,31+,32-/m1/s1. The molecule has 4 aliphatic carbocycles. The second kappa shape index (κ2) is 8.52. The van der Waals surface area contributed by atoms with Gasteiger partial charge in [-0.1, -0.05) is 66.5 Å². The Labute approximate surface area is 223 Å². The predicted octanol–water partition coefficient (Wildman–Crippen LogP) is 6.13. The summed E-state index contributed by atoms with van der Waals surface area (Å²) in [7, 11) is 0. The lowest BCUT2D eigenvalue weighted by atomic mass is 9.34. The molecule has 0 radical (unpaired) electrons. The topological polar surface area (TPSA) is 83.8 Å². The summed E-state index contributed by atoms with van der Waals surface area (Å²) in [6, 6.07) is 0. The first-order chi connectivity index (χ1) is 17.2. The Morgan fingerprint density at radius 2 is 1.78 bits per heavy atom. The quantitative estimate of drug-likeness (QED) is 0.433. The number of ether oxygens (including phenoxy) is 1. The van der Waals surface area contributed by atoms with Gasteiger partial charge in [0.2, 0.25) is 5.79 Å². The van der Waals surface area contributed by atoms with Crippen molar-refractivity contribution < 1.29 is 24.5 Å². The van der Waals surface area contributed by atoms with E-state index in [0.29, 0.717) is 34.8 Å². The Morgan fingerprint density at radius 1 is 1.08 bits per heavy atom. The molecule has 1 aliphatic heterocycles. The Bertz CT molecular complexity index is 1060. The van der Waals surface area contributed by atoms with Crippen LogP contribution in [0.3, 0.4) is 0 Å². The molecular formula is C32H48O5. The minimum Gasteiger partial charge on any atom is -0.426 e. The molecule has 0 bridgehead atoms. The molecule has 1 unspecified atom stereocenters. The van der Waals surface area contributed by atoms with Crippen molar-refractivity contribution in [1.29, 1.82) is 0 Å². The summed E-state index contributed by atoms with van der Waals surface area (Å²) in [6.07, 6.45) is 11.9. The van der Waals surface area contributed by atoms with Crippen LogP contribution >= 0.6 is 0 Å². The van der Waals surface area contributed by atoms with Crippen LogP contribution in [0.25, 0.3) is 0 Å². The first-order valence-corrected chi connectivity index (χ1v) is 14.8. The second-order valence-electron chi connectivity index (χ2n) is 14.3. The summed E-state index contributed by atoms with van der Waals surface area (Å²) < 4.78 is 5.49. The molecule has 3 saturated carbocycles. The highest BCUT2D eigenvalue weighted by molar-refractivity contribution is 5.97. The van der Waals surface area contributed by atoms with E-state index in [-0.39, 0.29) is 29.0 Å². The summed E-state index contributed by atoms with van der Waals surface area (Å²) in [5.41, 5.74) is 0.591. The summed E-state index contributed by atoms with van der Waals surface area (Å²) >= 11 is 0. The van der Waals surface area contributed by atoms with Crippen LogP contribution in [0.2, 0.25) is 0 Å². The molecule has 5 heteroatoms. The van der Waals surface area contributed by atoms with Crippen molar-refractivity contribution >= 4 is 11.8 Å². The maximum atomic E-state index is 14.1. The average molecular weight is 513 g/mol. The van der Waals surface area contributed by atoms with Gasteiger partial charge >= 0.3 is 5.97 Å². The summed E-state index contributed by atoms with van der Waals surface area (Å²) in [5, 5.41) is 21.5. The number of rotatable bonds is 5. The van der Waals surface area contributed by atoms with E-state index in [2.05, 4.69) is 40.7 Å². The van der Waals surface area contributed by atoms with E-state index in [0.717, 1.165) is 12.8 Å². The van der Waals surface area contributed by atoms with Gasteiger partial charge in [-0.15, -0.1) is 0 Å². The molecule has 5 nitrogen and oxygen atoms in total. The van der Waals surface area contributed by atoms with Gasteiger partial charge < -0.3 is 14.9 Å². The van der Waals surface area contributed by atoms with Gasteiger partial charge in [-0.25, -0.2) is 4.79 Å². The van der Waals surface area contributed by atoms with Crippen LogP contribution in [0.15, 0.2) is 23.3 Å². The third-order valence-corrected chi connectivity index (χ3v) is 12.6. The second-order valence-corrected chi connectivity index (χ2v) is 14.3. The molecule has 0 aromatic heterocycles. The Hall–Kier alpha value is -1.46. The molecule has 37 heavy (non-hydrogen) atoms. The first-order valence-electron chi connectivity index (χ1n) is 14.8. The number of hydrogen-bond acceptors (Lipinski definition) is 5. The third-order valence-electron chi connectivity index (χ3n) is 12.6. The minimum atomic E-state index is -1.68. The lowest BCUT2D eigenvalue weighted by Gasteiger charge is -2.70. The van der Waals surface area contributed by atoms with Gasteiger partial charge in [-0.2, -0.15) is 0 Å². The van der Waals surface area contributed by atoms with Crippen LogP contribution in [0.4, 0.5) is 0 Å². The van der Waals surface area contributed by atoms with E-state index in [1.165, 1.54) is 39.0 Å². The highest BCUT2D eigenvalue weighted by atomic mass is 16.7. The van der Waals surface area contributed by atoms with Crippen molar-refractivity contribution in [2.45, 2.75) is 118 Å². The zero-order valence-electron chi connectivity index (χ0n) is 24.0. The molecule has 2 N–H and O–H groups in total. The number of aliphatic hydroxyl groups is 2. The minimum absolute atomic E-state index is 0.0146. The largest absolute Gasteiger partial charge is 0.426 e. The summed E-state index contributed by atoms with van der Waals surface area (Å²) in [5.74, 6) is -1.58. The molecule has 5 rings (SSSR count). The molecular weight excluding hydrogens is 464 g/mol. The SMILES string of the molecule is CCC(O)CC(=O)[C@H]1C[C@@H]2[C@@]3(C)CCC[C@](C)(CC)[C@@H]3CC[C@@]2(C)[C@@H]2C=CC3=C(C(=O)O[C@@]3(C)O)[C@@]12C. The van der Waals surface area contributed by atoms with Crippen LogP contribution in [0.1, 0.15) is 106 Å². The normalized spacial score (nSPS) is 49.5. The van der Waals surface area contributed by atoms with E-state index in [4.69, 9.17) is 4.74 Å². The smallest absolute Gasteiger partial charge is 0.337 e. The average Bonchev–Trinajstić information content (AvgIpc) is 3.06. The van der Waals surface area contributed by atoms with Crippen LogP contribution in [0, 0.1) is 45.3 Å². The molecule has 206 valence electrons. The first kappa shape index (κ1) is 27.1. The van der Waals surface area contributed by atoms with Gasteiger partial charge in [-0.3, -0.25) is 4.79 Å². The maximum absolute atomic E-state index is 14.1. The fourth-order valence-electron chi connectivity index (χ4n) is 10.5. The molecule has 0 amide bonds. The fourth-order valence-corrected chi connectivity index (χ4v) is 10.5. The fraction of sp³-hybridized carbons (Fsp3) is 0.812. The zero-order chi connectivity index (χ0) is 27.2. The molecule has 10 atom stereocenters. The number of cyclic esters (lactones) is 1. The van der Waals surface area contributed by atoms with Gasteiger partial charge in [0, 0.05) is 30.3 Å². The van der Waals surface area contributed by atoms with E-state index in [1.54, 1.807) is 0 Å². The molecule has 5 aliphatic rings. The molecule has 0 spiro atoms. The van der Waals surface area contributed by atoms with E-state index in [1.807, 2.05) is 13.0 Å². The van der Waals surface area contributed by atoms with E-state index < -0.39 is 29.2 Å². The van der Waals surface area contributed by atoms with Gasteiger partial charge in [-0.05, 0) is 72.5 Å². The molecule has 0 saturated heterocycles. The van der Waals surface area contributed by atoms with Gasteiger partial charge in [0.05, 0.1) is 11.7 Å². The number of ketones is 1. The van der Waals surface area contributed by atoms with Crippen molar-refractivity contribution in [2.24, 2.45) is 45.3 Å². The summed E-state index contributed by atoms with van der Waals surface area (Å²) in [6.45, 7) is 15.2. The van der Waals surface area contributed by atoms with Crippen molar-refractivity contribution in [3.05, 3.63) is 23.3 Å². The van der Waals surface area contributed by atoms with E-state index >= 15 is 0 Å². The molecule has 0 aromatic rings. The number of carbonyl (C=O) groups excluding carboxylic acids is 2. The van der Waals surface area contributed by atoms with Crippen molar-refractivity contribution in [2.75, 3.05) is 0 Å². The monoisotopic (exact) mass is 512 g/mol. The highest BCUT2D eigenvalue weighted by Gasteiger charge is 2.70. The van der Waals surface area contributed by atoms with E-state index in [9.17, 15) is 19.8 Å². The van der Waals surface area contributed by atoms with Crippen LogP contribution in [0.5, 0.6) is 0 Å². The van der Waals surface area contributed by atoms with Crippen LogP contribution in [-0.4, -0.2) is 33.9 Å². The Balaban J connectivity index is 1.67. The van der Waals surface area contributed by atoms with Crippen molar-refractivity contribution in [3.8, 4) is 0 Å². The van der Waals surface area contributed by atoms with Crippen molar-refractivity contribution in [1.82, 2.24) is 0 Å². The Kier molecular flexibility index (Phi) is 6.24. The van der Waals surface area contributed by atoms with Gasteiger partial charge in [0.15, 0.2) is 0 Å². The number of fused-ring (bicyclic) bond motifs is 6. The number of hydrogen-bond donors (Lipinski definition) is 2. The number of allylic oxidation sites excluding steroid dienone is 1.